The van der Waals surface area contributed by atoms with Crippen LogP contribution in [0.1, 0.15) is 9.67 Å². The average Bonchev–Trinajstić information content (AvgIpc) is 2.32. The van der Waals surface area contributed by atoms with Gasteiger partial charge >= 0.3 is 0 Å². The van der Waals surface area contributed by atoms with Crippen molar-refractivity contribution in [2.75, 3.05) is 12.0 Å². The van der Waals surface area contributed by atoms with Crippen LogP contribution in [0.15, 0.2) is 12.3 Å². The van der Waals surface area contributed by atoms with E-state index >= 15 is 0 Å². The second kappa shape index (κ2) is 3.32. The van der Waals surface area contributed by atoms with E-state index in [0.717, 1.165) is 17.8 Å². The molecular formula is C6H7NO3S2. The maximum atomic E-state index is 11.1. The quantitative estimate of drug-likeness (QED) is 0.669. The van der Waals surface area contributed by atoms with Crippen molar-refractivity contribution in [2.24, 2.45) is 0 Å². The molecule has 0 radical (unpaired) electrons. The first-order valence-corrected chi connectivity index (χ1v) is 5.94. The van der Waals surface area contributed by atoms with Crippen molar-refractivity contribution in [3.63, 3.8) is 0 Å². The van der Waals surface area contributed by atoms with Crippen molar-refractivity contribution in [2.45, 2.75) is 0 Å². The van der Waals surface area contributed by atoms with E-state index in [2.05, 4.69) is 4.37 Å². The Kier molecular flexibility index (Phi) is 2.58. The number of ketones is 1. The molecule has 1 heterocycles. The van der Waals surface area contributed by atoms with Gasteiger partial charge in [-0.05, 0) is 17.6 Å². The Labute approximate surface area is 74.3 Å². The van der Waals surface area contributed by atoms with E-state index in [1.807, 2.05) is 0 Å². The summed E-state index contributed by atoms with van der Waals surface area (Å²) < 4.78 is 25.1. The predicted molar refractivity (Wildman–Crippen MR) is 46.2 cm³/mol. The summed E-state index contributed by atoms with van der Waals surface area (Å²) in [5.74, 6) is -0.824. The van der Waals surface area contributed by atoms with E-state index in [4.69, 9.17) is 0 Å². The number of carbonyl (C=O) groups is 1. The van der Waals surface area contributed by atoms with Crippen molar-refractivity contribution in [3.05, 3.63) is 17.1 Å². The highest BCUT2D eigenvalue weighted by Gasteiger charge is 2.13. The molecule has 0 aliphatic rings. The summed E-state index contributed by atoms with van der Waals surface area (Å²) in [4.78, 5) is 11.5. The molecule has 0 aliphatic carbocycles. The largest absolute Gasteiger partial charge is 0.292 e. The minimum Gasteiger partial charge on any atom is -0.292 e. The van der Waals surface area contributed by atoms with Crippen molar-refractivity contribution in [3.8, 4) is 0 Å². The number of rotatable bonds is 3. The highest BCUT2D eigenvalue weighted by atomic mass is 32.2. The van der Waals surface area contributed by atoms with Gasteiger partial charge in [0.05, 0.1) is 4.88 Å². The Morgan fingerprint density at radius 1 is 1.67 bits per heavy atom. The molecule has 6 heteroatoms. The topological polar surface area (TPSA) is 64.1 Å². The van der Waals surface area contributed by atoms with Gasteiger partial charge in [-0.2, -0.15) is 0 Å². The lowest BCUT2D eigenvalue weighted by Crippen LogP contribution is -2.13. The lowest BCUT2D eigenvalue weighted by atomic mass is 10.4. The van der Waals surface area contributed by atoms with Crippen LogP contribution < -0.4 is 0 Å². The zero-order valence-corrected chi connectivity index (χ0v) is 7.98. The van der Waals surface area contributed by atoms with Crippen LogP contribution in [0.4, 0.5) is 0 Å². The molecule has 0 aromatic carbocycles. The molecule has 0 N–H and O–H groups in total. The summed E-state index contributed by atoms with van der Waals surface area (Å²) in [6.45, 7) is 0. The van der Waals surface area contributed by atoms with Gasteiger partial charge < -0.3 is 0 Å². The van der Waals surface area contributed by atoms with Gasteiger partial charge in [0.15, 0.2) is 15.6 Å². The third-order valence-corrected chi connectivity index (χ3v) is 2.68. The number of hydrogen-bond acceptors (Lipinski definition) is 5. The van der Waals surface area contributed by atoms with Gasteiger partial charge in [0, 0.05) is 12.5 Å². The molecule has 0 amide bonds. The first-order chi connectivity index (χ1) is 5.49. The highest BCUT2D eigenvalue weighted by Crippen LogP contribution is 2.06. The van der Waals surface area contributed by atoms with Crippen LogP contribution in [0.5, 0.6) is 0 Å². The second-order valence-corrected chi connectivity index (χ2v) is 5.34. The molecule has 0 fully saturated rings. The standard InChI is InChI=1S/C6H7NO3S2/c1-12(9,10)4-5(8)6-2-3-7-11-6/h2-3H,4H2,1H3. The molecule has 1 aromatic rings. The molecule has 1 aromatic heterocycles. The van der Waals surface area contributed by atoms with Crippen LogP contribution in [0.3, 0.4) is 0 Å². The van der Waals surface area contributed by atoms with Gasteiger partial charge in [-0.3, -0.25) is 4.79 Å². The van der Waals surface area contributed by atoms with Gasteiger partial charge in [-0.15, -0.1) is 0 Å². The van der Waals surface area contributed by atoms with Crippen LogP contribution in [-0.2, 0) is 9.84 Å². The maximum absolute atomic E-state index is 11.1. The number of aromatic nitrogens is 1. The number of hydrogen-bond donors (Lipinski definition) is 0. The highest BCUT2D eigenvalue weighted by molar-refractivity contribution is 7.91. The SMILES string of the molecule is CS(=O)(=O)CC(=O)c1ccns1. The van der Waals surface area contributed by atoms with Crippen LogP contribution >= 0.6 is 11.5 Å². The van der Waals surface area contributed by atoms with Crippen molar-refractivity contribution in [1.82, 2.24) is 4.37 Å². The van der Waals surface area contributed by atoms with E-state index < -0.39 is 15.6 Å². The first-order valence-electron chi connectivity index (χ1n) is 3.10. The summed E-state index contributed by atoms with van der Waals surface area (Å²) in [5.41, 5.74) is 0. The Balaban J connectivity index is 2.76. The molecule has 1 rings (SSSR count). The molecule has 12 heavy (non-hydrogen) atoms. The van der Waals surface area contributed by atoms with Crippen LogP contribution in [0.25, 0.3) is 0 Å². The minimum atomic E-state index is -3.22. The Morgan fingerprint density at radius 3 is 2.75 bits per heavy atom. The first kappa shape index (κ1) is 9.34. The van der Waals surface area contributed by atoms with Crippen molar-refractivity contribution >= 4 is 27.2 Å². The van der Waals surface area contributed by atoms with Crippen LogP contribution in [0, 0.1) is 0 Å². The third kappa shape index (κ3) is 2.71. The average molecular weight is 205 g/mol. The minimum absolute atomic E-state index is 0.389. The number of Topliss-reactive ketones (excluding diaryl/α,β-unsaturated/α-hetero) is 1. The second-order valence-electron chi connectivity index (χ2n) is 2.37. The summed E-state index contributed by atoms with van der Waals surface area (Å²) >= 11 is 1.01. The maximum Gasteiger partial charge on any atom is 0.189 e. The van der Waals surface area contributed by atoms with Crippen molar-refractivity contribution < 1.29 is 13.2 Å². The fourth-order valence-corrected chi connectivity index (χ4v) is 1.92. The molecule has 0 unspecified atom stereocenters. The Morgan fingerprint density at radius 2 is 2.33 bits per heavy atom. The molecule has 0 spiro atoms. The molecule has 66 valence electrons. The fraction of sp³-hybridized carbons (Fsp3) is 0.333. The van der Waals surface area contributed by atoms with Gasteiger partial charge in [-0.25, -0.2) is 12.8 Å². The van der Waals surface area contributed by atoms with E-state index in [9.17, 15) is 13.2 Å². The Hall–Kier alpha value is -0.750. The molecule has 0 atom stereocenters. The fourth-order valence-electron chi connectivity index (χ4n) is 0.669. The van der Waals surface area contributed by atoms with E-state index in [-0.39, 0.29) is 5.78 Å². The molecule has 0 bridgehead atoms. The molecule has 4 nitrogen and oxygen atoms in total. The van der Waals surface area contributed by atoms with Crippen LogP contribution in [-0.4, -0.2) is 30.6 Å². The monoisotopic (exact) mass is 205 g/mol. The summed E-state index contributed by atoms with van der Waals surface area (Å²) in [7, 11) is -3.22. The lowest BCUT2D eigenvalue weighted by molar-refractivity contribution is 0.102. The molecule has 0 aliphatic heterocycles. The normalized spacial score (nSPS) is 11.4. The lowest BCUT2D eigenvalue weighted by Gasteiger charge is -1.92. The van der Waals surface area contributed by atoms with Gasteiger partial charge in [0.1, 0.15) is 5.75 Å². The van der Waals surface area contributed by atoms with E-state index in [1.165, 1.54) is 12.3 Å². The van der Waals surface area contributed by atoms with Gasteiger partial charge in [0.2, 0.25) is 0 Å². The van der Waals surface area contributed by atoms with E-state index in [1.54, 1.807) is 0 Å². The number of carbonyl (C=O) groups excluding carboxylic acids is 1. The van der Waals surface area contributed by atoms with Gasteiger partial charge in [0.25, 0.3) is 0 Å². The van der Waals surface area contributed by atoms with E-state index in [0.29, 0.717) is 4.88 Å². The number of nitrogens with zero attached hydrogens (tertiary/aromatic N) is 1. The van der Waals surface area contributed by atoms with Crippen LogP contribution in [0.2, 0.25) is 0 Å². The molecular weight excluding hydrogens is 198 g/mol. The summed E-state index contributed by atoms with van der Waals surface area (Å²) in [5, 5.41) is 0. The number of sulfone groups is 1. The molecule has 0 saturated heterocycles. The smallest absolute Gasteiger partial charge is 0.189 e. The summed E-state index contributed by atoms with van der Waals surface area (Å²) in [6, 6.07) is 1.51. The predicted octanol–water partition coefficient (Wildman–Crippen LogP) is 0.370. The summed E-state index contributed by atoms with van der Waals surface area (Å²) in [6.07, 6.45) is 2.51. The third-order valence-electron chi connectivity index (χ3n) is 1.11. The van der Waals surface area contributed by atoms with Gasteiger partial charge in [-0.1, -0.05) is 0 Å². The van der Waals surface area contributed by atoms with Crippen molar-refractivity contribution in [1.29, 1.82) is 0 Å². The zero-order chi connectivity index (χ0) is 9.19. The molecule has 0 saturated carbocycles. The zero-order valence-electron chi connectivity index (χ0n) is 6.35. The Bertz CT molecular complexity index is 366.